The van der Waals surface area contributed by atoms with Crippen LogP contribution in [0, 0.1) is 13.8 Å². The predicted molar refractivity (Wildman–Crippen MR) is 119 cm³/mol. The van der Waals surface area contributed by atoms with Gasteiger partial charge in [-0.2, -0.15) is 43.8 Å². The third kappa shape index (κ3) is 3.80. The van der Waals surface area contributed by atoms with Crippen molar-refractivity contribution in [2.45, 2.75) is 26.2 Å². The van der Waals surface area contributed by atoms with E-state index in [-0.39, 0.29) is 28.4 Å². The topological polar surface area (TPSA) is 50.5 Å². The molecule has 0 atom stereocenters. The van der Waals surface area contributed by atoms with E-state index in [0.29, 0.717) is 28.9 Å². The molecule has 0 saturated heterocycles. The lowest BCUT2D eigenvalue weighted by molar-refractivity contribution is -0.143. The van der Waals surface area contributed by atoms with Gasteiger partial charge in [0.25, 0.3) is 0 Å². The Kier molecular flexibility index (Phi) is 5.13. The van der Waals surface area contributed by atoms with E-state index in [9.17, 15) is 26.3 Å². The smallest absolute Gasteiger partial charge is 0.172 e. The van der Waals surface area contributed by atoms with Gasteiger partial charge in [0.1, 0.15) is 22.4 Å². The van der Waals surface area contributed by atoms with Crippen molar-refractivity contribution < 1.29 is 26.3 Å². The number of fused-ring (bicyclic) bond motifs is 2. The zero-order valence-corrected chi connectivity index (χ0v) is 19.0. The number of halogens is 6. The normalized spacial score (nSPS) is 13.4. The molecule has 0 amide bonds. The fourth-order valence-electron chi connectivity index (χ4n) is 4.02. The van der Waals surface area contributed by atoms with Gasteiger partial charge in [-0.05, 0) is 43.2 Å². The van der Waals surface area contributed by atoms with Crippen molar-refractivity contribution in [3.05, 3.63) is 58.7 Å². The maximum atomic E-state index is 13.5. The molecular weight excluding hydrogens is 498 g/mol. The molecule has 1 aromatic heterocycles. The van der Waals surface area contributed by atoms with Gasteiger partial charge in [0.15, 0.2) is 0 Å². The number of hydrogen-bond donors (Lipinski definition) is 0. The van der Waals surface area contributed by atoms with Crippen LogP contribution in [0.5, 0.6) is 0 Å². The van der Waals surface area contributed by atoms with Gasteiger partial charge in [0, 0.05) is 11.1 Å². The van der Waals surface area contributed by atoms with Crippen LogP contribution in [-0.4, -0.2) is 8.75 Å². The van der Waals surface area contributed by atoms with Gasteiger partial charge >= 0.3 is 12.4 Å². The number of rotatable bonds is 2. The minimum Gasteiger partial charge on any atom is -0.172 e. The summed E-state index contributed by atoms with van der Waals surface area (Å²) in [7, 11) is 0. The molecule has 0 saturated carbocycles. The second kappa shape index (κ2) is 7.70. The van der Waals surface area contributed by atoms with E-state index in [1.165, 1.54) is 0 Å². The average molecular weight is 510 g/mol. The van der Waals surface area contributed by atoms with Gasteiger partial charge in [-0.1, -0.05) is 29.3 Å². The first-order chi connectivity index (χ1) is 15.9. The van der Waals surface area contributed by atoms with Crippen molar-refractivity contribution in [2.24, 2.45) is 8.73 Å². The maximum absolute atomic E-state index is 13.5. The van der Waals surface area contributed by atoms with Crippen LogP contribution < -0.4 is 0 Å². The van der Waals surface area contributed by atoms with Crippen molar-refractivity contribution in [2.75, 3.05) is 0 Å². The molecule has 0 bridgehead atoms. The number of hydrogen-bond acceptors (Lipinski definition) is 5. The molecule has 174 valence electrons. The Balaban J connectivity index is 1.87. The molecule has 1 aliphatic rings. The number of aromatic nitrogens is 2. The van der Waals surface area contributed by atoms with E-state index in [0.717, 1.165) is 39.8 Å². The highest BCUT2D eigenvalue weighted by Gasteiger charge is 2.38. The number of aryl methyl sites for hydroxylation is 2. The highest BCUT2D eigenvalue weighted by Crippen LogP contribution is 2.53. The summed E-state index contributed by atoms with van der Waals surface area (Å²) in [5.41, 5.74) is 1.24. The molecule has 0 aliphatic carbocycles. The fourth-order valence-corrected chi connectivity index (χ4v) is 5.14. The second-order valence-electron chi connectivity index (χ2n) is 7.84. The summed E-state index contributed by atoms with van der Waals surface area (Å²) in [6, 6.07) is 7.25. The van der Waals surface area contributed by atoms with Crippen molar-refractivity contribution in [3.8, 4) is 22.3 Å². The van der Waals surface area contributed by atoms with Crippen LogP contribution in [0.4, 0.5) is 37.7 Å². The molecule has 1 aliphatic heterocycles. The zero-order valence-electron chi connectivity index (χ0n) is 17.3. The van der Waals surface area contributed by atoms with E-state index < -0.39 is 23.5 Å². The highest BCUT2D eigenvalue weighted by molar-refractivity contribution is 7.58. The third-order valence-corrected chi connectivity index (χ3v) is 6.37. The highest BCUT2D eigenvalue weighted by atomic mass is 32.1. The lowest BCUT2D eigenvalue weighted by Crippen LogP contribution is -2.11. The van der Waals surface area contributed by atoms with Gasteiger partial charge in [-0.25, -0.2) is 0 Å². The summed E-state index contributed by atoms with van der Waals surface area (Å²) in [6.07, 6.45) is -9.96. The monoisotopic (exact) mass is 510 g/mol. The fraction of sp³-hybridized carbons (Fsp3) is 0.182. The van der Waals surface area contributed by atoms with E-state index in [1.807, 2.05) is 32.0 Å². The van der Waals surface area contributed by atoms with Crippen molar-refractivity contribution in [1.29, 1.82) is 0 Å². The largest absolute Gasteiger partial charge is 0.416 e. The molecule has 4 nitrogen and oxygen atoms in total. The first-order valence-corrected chi connectivity index (χ1v) is 11.2. The Labute approximate surface area is 196 Å². The van der Waals surface area contributed by atoms with Gasteiger partial charge in [0.05, 0.1) is 34.2 Å². The number of nitrogens with zero attached hydrogens (tertiary/aromatic N) is 4. The molecular formula is C22H12F6N4S2. The van der Waals surface area contributed by atoms with Gasteiger partial charge in [-0.15, -0.1) is 0 Å². The quantitative estimate of drug-likeness (QED) is 0.224. The van der Waals surface area contributed by atoms with Crippen LogP contribution in [0.3, 0.4) is 0 Å². The lowest BCUT2D eigenvalue weighted by Gasteiger charge is -2.17. The van der Waals surface area contributed by atoms with Gasteiger partial charge in [0.2, 0.25) is 0 Å². The molecule has 34 heavy (non-hydrogen) atoms. The first-order valence-electron chi connectivity index (χ1n) is 9.72. The Hall–Kier alpha value is -3.12. The number of alkyl halides is 6. The van der Waals surface area contributed by atoms with Crippen LogP contribution in [0.15, 0.2) is 45.1 Å². The predicted octanol–water partition coefficient (Wildman–Crippen LogP) is 8.41. The molecule has 0 unspecified atom stereocenters. The van der Waals surface area contributed by atoms with E-state index in [4.69, 9.17) is 0 Å². The zero-order chi connectivity index (χ0) is 24.4. The Morgan fingerprint density at radius 3 is 1.50 bits per heavy atom. The van der Waals surface area contributed by atoms with Crippen molar-refractivity contribution in [3.63, 3.8) is 0 Å². The van der Waals surface area contributed by atoms with Crippen LogP contribution in [0.25, 0.3) is 33.3 Å². The summed E-state index contributed by atoms with van der Waals surface area (Å²) in [5, 5.41) is 0. The van der Waals surface area contributed by atoms with E-state index >= 15 is 0 Å². The average Bonchev–Trinajstić information content (AvgIpc) is 3.39. The molecule has 3 aromatic carbocycles. The lowest BCUT2D eigenvalue weighted by atomic mass is 9.91. The minimum atomic E-state index is -4.98. The van der Waals surface area contributed by atoms with Gasteiger partial charge < -0.3 is 0 Å². The third-order valence-electron chi connectivity index (χ3n) is 5.31. The molecule has 0 N–H and O–H groups in total. The SMILES string of the molecule is Cc1cc(C)cc(-c2c3c(c(-c4cc(C(F)(F)F)cc(C(F)(F)F)c4)c4nsnc24)N=S=N3)c1. The Morgan fingerprint density at radius 2 is 1.06 bits per heavy atom. The molecule has 4 aromatic rings. The molecule has 12 heteroatoms. The molecule has 0 radical (unpaired) electrons. The molecule has 0 spiro atoms. The summed E-state index contributed by atoms with van der Waals surface area (Å²) in [4.78, 5) is 0. The first kappa shape index (κ1) is 22.7. The van der Waals surface area contributed by atoms with E-state index in [2.05, 4.69) is 17.5 Å². The molecule has 2 heterocycles. The van der Waals surface area contributed by atoms with Crippen LogP contribution in [0.2, 0.25) is 0 Å². The van der Waals surface area contributed by atoms with E-state index in [1.54, 1.807) is 0 Å². The summed E-state index contributed by atoms with van der Waals surface area (Å²) < 4.78 is 98.2. The second-order valence-corrected chi connectivity index (χ2v) is 8.90. The van der Waals surface area contributed by atoms with Crippen molar-refractivity contribution in [1.82, 2.24) is 8.75 Å². The Bertz CT molecular complexity index is 1490. The summed E-state index contributed by atoms with van der Waals surface area (Å²) in [6.45, 7) is 3.83. The van der Waals surface area contributed by atoms with Crippen molar-refractivity contribution >= 4 is 45.5 Å². The standard InChI is InChI=1S/C22H12F6N4S2/c1-9-3-10(2)5-11(4-9)15-17-19(31-33-29-17)16(20-18(15)30-34-32-20)12-6-13(21(23,24)25)8-14(7-12)22(26,27)28/h3-8H,1-2H3. The number of benzene rings is 3. The maximum Gasteiger partial charge on any atom is 0.416 e. The van der Waals surface area contributed by atoms with Crippen LogP contribution in [0.1, 0.15) is 22.3 Å². The van der Waals surface area contributed by atoms with Crippen LogP contribution >= 0.6 is 11.7 Å². The van der Waals surface area contributed by atoms with Gasteiger partial charge in [-0.3, -0.25) is 0 Å². The van der Waals surface area contributed by atoms with Crippen LogP contribution in [-0.2, 0) is 23.7 Å². The molecule has 5 rings (SSSR count). The summed E-state index contributed by atoms with van der Waals surface area (Å²) in [5.74, 6) is 0. The minimum absolute atomic E-state index is 0.0391. The molecule has 0 fully saturated rings. The Morgan fingerprint density at radius 1 is 0.618 bits per heavy atom. The summed E-state index contributed by atoms with van der Waals surface area (Å²) >= 11 is 1.63.